The number of urea groups is 1. The zero-order chi connectivity index (χ0) is 19.8. The fourth-order valence-electron chi connectivity index (χ4n) is 3.40. The molecule has 1 fully saturated rings. The van der Waals surface area contributed by atoms with Gasteiger partial charge in [0.25, 0.3) is 5.56 Å². The summed E-state index contributed by atoms with van der Waals surface area (Å²) in [5.41, 5.74) is -0.384. The van der Waals surface area contributed by atoms with Gasteiger partial charge in [0.15, 0.2) is 0 Å². The molecule has 1 saturated heterocycles. The Bertz CT molecular complexity index is 936. The molecule has 2 heterocycles. The van der Waals surface area contributed by atoms with Crippen LogP contribution in [0.2, 0.25) is 0 Å². The summed E-state index contributed by atoms with van der Waals surface area (Å²) in [5, 5.41) is 8.34. The van der Waals surface area contributed by atoms with Crippen LogP contribution in [0.25, 0.3) is 10.9 Å². The summed E-state index contributed by atoms with van der Waals surface area (Å²) >= 11 is 0. The monoisotopic (exact) mass is 372 g/mol. The van der Waals surface area contributed by atoms with Crippen LogP contribution in [0.5, 0.6) is 0 Å². The lowest BCUT2D eigenvalue weighted by Crippen LogP contribution is -2.63. The van der Waals surface area contributed by atoms with Gasteiger partial charge in [-0.15, -0.1) is 5.10 Å². The van der Waals surface area contributed by atoms with Crippen LogP contribution in [-0.2, 0) is 11.3 Å². The van der Waals surface area contributed by atoms with E-state index < -0.39 is 5.54 Å². The Morgan fingerprint density at radius 1 is 1.19 bits per heavy atom. The molecule has 0 N–H and O–H groups in total. The summed E-state index contributed by atoms with van der Waals surface area (Å²) in [6, 6.07) is 6.83. The standard InChI is InChI=1S/C18H24N6O3/c1-18(2)12-22(17(27)21(3)4)9-10-23(18)15(25)11-24-16(26)13-7-5-6-8-14(13)19-20-24/h5-8H,9-12H2,1-4H3. The molecule has 9 heteroatoms. The summed E-state index contributed by atoms with van der Waals surface area (Å²) in [7, 11) is 3.41. The van der Waals surface area contributed by atoms with Gasteiger partial charge in [0.1, 0.15) is 12.1 Å². The van der Waals surface area contributed by atoms with Crippen molar-refractivity contribution in [3.05, 3.63) is 34.6 Å². The first-order valence-electron chi connectivity index (χ1n) is 8.80. The fraction of sp³-hybridized carbons (Fsp3) is 0.500. The van der Waals surface area contributed by atoms with E-state index in [1.807, 2.05) is 13.8 Å². The lowest BCUT2D eigenvalue weighted by Gasteiger charge is -2.47. The molecule has 1 aliphatic rings. The third-order valence-electron chi connectivity index (χ3n) is 4.77. The van der Waals surface area contributed by atoms with Gasteiger partial charge in [0.2, 0.25) is 5.91 Å². The number of piperazine rings is 1. The molecule has 2 aromatic rings. The summed E-state index contributed by atoms with van der Waals surface area (Å²) in [5.74, 6) is -0.219. The molecule has 0 unspecified atom stereocenters. The molecule has 1 aromatic heterocycles. The van der Waals surface area contributed by atoms with Crippen molar-refractivity contribution >= 4 is 22.8 Å². The van der Waals surface area contributed by atoms with E-state index >= 15 is 0 Å². The largest absolute Gasteiger partial charge is 0.332 e. The molecular formula is C18H24N6O3. The third-order valence-corrected chi connectivity index (χ3v) is 4.77. The van der Waals surface area contributed by atoms with E-state index in [1.165, 1.54) is 4.90 Å². The second kappa shape index (κ2) is 6.98. The van der Waals surface area contributed by atoms with E-state index in [2.05, 4.69) is 10.3 Å². The summed E-state index contributed by atoms with van der Waals surface area (Å²) in [6.07, 6.45) is 0. The van der Waals surface area contributed by atoms with Crippen LogP contribution in [-0.4, -0.2) is 80.9 Å². The van der Waals surface area contributed by atoms with Gasteiger partial charge < -0.3 is 14.7 Å². The third kappa shape index (κ3) is 3.62. The van der Waals surface area contributed by atoms with Crippen molar-refractivity contribution in [1.29, 1.82) is 0 Å². The van der Waals surface area contributed by atoms with E-state index in [4.69, 9.17) is 0 Å². The van der Waals surface area contributed by atoms with Crippen LogP contribution in [0, 0.1) is 0 Å². The van der Waals surface area contributed by atoms with Gasteiger partial charge in [-0.1, -0.05) is 17.3 Å². The Kier molecular flexibility index (Phi) is 4.86. The van der Waals surface area contributed by atoms with E-state index in [1.54, 1.807) is 48.2 Å². The average molecular weight is 372 g/mol. The quantitative estimate of drug-likeness (QED) is 0.761. The number of aromatic nitrogens is 3. The molecule has 0 aliphatic carbocycles. The SMILES string of the molecule is CN(C)C(=O)N1CCN(C(=O)Cn2nnc3ccccc3c2=O)C(C)(C)C1. The number of rotatable bonds is 2. The number of hydrogen-bond donors (Lipinski definition) is 0. The molecule has 1 aromatic carbocycles. The van der Waals surface area contributed by atoms with Gasteiger partial charge in [-0.25, -0.2) is 9.48 Å². The molecule has 27 heavy (non-hydrogen) atoms. The molecule has 144 valence electrons. The molecular weight excluding hydrogens is 348 g/mol. The highest BCUT2D eigenvalue weighted by Gasteiger charge is 2.38. The lowest BCUT2D eigenvalue weighted by molar-refractivity contribution is -0.140. The first-order valence-corrected chi connectivity index (χ1v) is 8.80. The molecule has 1 aliphatic heterocycles. The van der Waals surface area contributed by atoms with Crippen LogP contribution in [0.4, 0.5) is 4.79 Å². The molecule has 0 radical (unpaired) electrons. The van der Waals surface area contributed by atoms with Crippen LogP contribution in [0.3, 0.4) is 0 Å². The number of hydrogen-bond acceptors (Lipinski definition) is 5. The number of fused-ring (bicyclic) bond motifs is 1. The lowest BCUT2D eigenvalue weighted by atomic mass is 9.98. The number of nitrogens with zero attached hydrogens (tertiary/aromatic N) is 6. The van der Waals surface area contributed by atoms with Gasteiger partial charge in [-0.3, -0.25) is 9.59 Å². The Hall–Kier alpha value is -2.97. The topological polar surface area (TPSA) is 91.6 Å². The number of benzene rings is 1. The predicted octanol–water partition coefficient (Wildman–Crippen LogP) is 0.396. The zero-order valence-corrected chi connectivity index (χ0v) is 16.0. The fourth-order valence-corrected chi connectivity index (χ4v) is 3.40. The first-order chi connectivity index (χ1) is 12.7. The van der Waals surface area contributed by atoms with Crippen LogP contribution in [0.15, 0.2) is 29.1 Å². The predicted molar refractivity (Wildman–Crippen MR) is 100 cm³/mol. The van der Waals surface area contributed by atoms with Crippen molar-refractivity contribution in [3.8, 4) is 0 Å². The summed E-state index contributed by atoms with van der Waals surface area (Å²) < 4.78 is 1.10. The number of carbonyl (C=O) groups is 2. The van der Waals surface area contributed by atoms with E-state index in [0.717, 1.165) is 4.68 Å². The molecule has 0 atom stereocenters. The average Bonchev–Trinajstić information content (AvgIpc) is 2.62. The Labute approximate surface area is 157 Å². The number of carbonyl (C=O) groups excluding carboxylic acids is 2. The smallest absolute Gasteiger partial charge is 0.319 e. The van der Waals surface area contributed by atoms with Crippen LogP contribution < -0.4 is 5.56 Å². The molecule has 3 amide bonds. The van der Waals surface area contributed by atoms with Crippen LogP contribution >= 0.6 is 0 Å². The maximum Gasteiger partial charge on any atom is 0.319 e. The van der Waals surface area contributed by atoms with Crippen molar-refractivity contribution in [2.75, 3.05) is 33.7 Å². The van der Waals surface area contributed by atoms with Gasteiger partial charge in [0, 0.05) is 33.7 Å². The maximum absolute atomic E-state index is 12.9. The molecule has 0 saturated carbocycles. The normalized spacial score (nSPS) is 16.4. The second-order valence-corrected chi connectivity index (χ2v) is 7.53. The highest BCUT2D eigenvalue weighted by Crippen LogP contribution is 2.22. The molecule has 3 rings (SSSR count). The minimum Gasteiger partial charge on any atom is -0.332 e. The summed E-state index contributed by atoms with van der Waals surface area (Å²) in [6.45, 7) is 4.92. The van der Waals surface area contributed by atoms with Crippen molar-refractivity contribution in [2.45, 2.75) is 25.9 Å². The molecule has 0 spiro atoms. The van der Waals surface area contributed by atoms with Crippen molar-refractivity contribution in [3.63, 3.8) is 0 Å². The van der Waals surface area contributed by atoms with Crippen molar-refractivity contribution in [1.82, 2.24) is 29.7 Å². The first kappa shape index (κ1) is 18.8. The van der Waals surface area contributed by atoms with Gasteiger partial charge >= 0.3 is 6.03 Å². The Morgan fingerprint density at radius 2 is 1.89 bits per heavy atom. The zero-order valence-electron chi connectivity index (χ0n) is 16.0. The minimum atomic E-state index is -0.547. The second-order valence-electron chi connectivity index (χ2n) is 7.53. The Morgan fingerprint density at radius 3 is 2.56 bits per heavy atom. The Balaban J connectivity index is 1.78. The van der Waals surface area contributed by atoms with Crippen molar-refractivity contribution in [2.24, 2.45) is 0 Å². The van der Waals surface area contributed by atoms with Gasteiger partial charge in [-0.2, -0.15) is 0 Å². The van der Waals surface area contributed by atoms with E-state index in [0.29, 0.717) is 30.5 Å². The van der Waals surface area contributed by atoms with E-state index in [-0.39, 0.29) is 24.0 Å². The van der Waals surface area contributed by atoms with Crippen LogP contribution in [0.1, 0.15) is 13.8 Å². The van der Waals surface area contributed by atoms with Crippen molar-refractivity contribution < 1.29 is 9.59 Å². The maximum atomic E-state index is 12.9. The highest BCUT2D eigenvalue weighted by molar-refractivity contribution is 5.79. The van der Waals surface area contributed by atoms with Gasteiger partial charge in [0.05, 0.1) is 10.9 Å². The van der Waals surface area contributed by atoms with Gasteiger partial charge in [-0.05, 0) is 26.0 Å². The highest BCUT2D eigenvalue weighted by atomic mass is 16.2. The molecule has 9 nitrogen and oxygen atoms in total. The summed E-state index contributed by atoms with van der Waals surface area (Å²) in [4.78, 5) is 42.6. The van der Waals surface area contributed by atoms with E-state index in [9.17, 15) is 14.4 Å². The minimum absolute atomic E-state index is 0.0770. The molecule has 0 bridgehead atoms. The number of amides is 3.